The second kappa shape index (κ2) is 6.81. The number of benzene rings is 3. The van der Waals surface area contributed by atoms with Gasteiger partial charge in [-0.15, -0.1) is 0 Å². The number of imide groups is 1. The van der Waals surface area contributed by atoms with Crippen molar-refractivity contribution < 1.29 is 27.9 Å². The molecule has 1 saturated heterocycles. The maximum absolute atomic E-state index is 14.5. The van der Waals surface area contributed by atoms with Crippen LogP contribution >= 0.6 is 0 Å². The zero-order valence-electron chi connectivity index (χ0n) is 17.4. The molecular formula is C26H17F2NO4. The number of methoxy groups -OCH3 is 1. The van der Waals surface area contributed by atoms with Gasteiger partial charge in [-0.05, 0) is 34.0 Å². The normalized spacial score (nSPS) is 24.9. The summed E-state index contributed by atoms with van der Waals surface area (Å²) < 4.78 is 34.2. The molecular weight excluding hydrogens is 428 g/mol. The molecule has 3 aromatic carbocycles. The molecule has 3 aliphatic carbocycles. The van der Waals surface area contributed by atoms with E-state index in [2.05, 4.69) is 0 Å². The van der Waals surface area contributed by atoms with Gasteiger partial charge in [0.2, 0.25) is 11.8 Å². The topological polar surface area (TPSA) is 63.7 Å². The van der Waals surface area contributed by atoms with E-state index in [1.54, 1.807) is 0 Å². The molecule has 5 nitrogen and oxygen atoms in total. The fourth-order valence-electron chi connectivity index (χ4n) is 5.78. The molecule has 0 saturated carbocycles. The fourth-order valence-corrected chi connectivity index (χ4v) is 5.78. The molecule has 0 spiro atoms. The van der Waals surface area contributed by atoms with Crippen molar-refractivity contribution in [2.24, 2.45) is 11.8 Å². The first kappa shape index (κ1) is 19.8. The quantitative estimate of drug-likeness (QED) is 0.332. The van der Waals surface area contributed by atoms with E-state index in [0.29, 0.717) is 21.4 Å². The van der Waals surface area contributed by atoms with Crippen LogP contribution in [0, 0.1) is 23.5 Å². The number of hydrogen-bond donors (Lipinski definition) is 0. The summed E-state index contributed by atoms with van der Waals surface area (Å²) in [5.74, 6) is -6.54. The van der Waals surface area contributed by atoms with Crippen LogP contribution in [0.1, 0.15) is 33.3 Å². The van der Waals surface area contributed by atoms with E-state index in [0.717, 1.165) is 23.1 Å². The van der Waals surface area contributed by atoms with Gasteiger partial charge in [-0.3, -0.25) is 9.59 Å². The van der Waals surface area contributed by atoms with Crippen LogP contribution in [0.3, 0.4) is 0 Å². The van der Waals surface area contributed by atoms with E-state index in [9.17, 15) is 23.2 Å². The summed E-state index contributed by atoms with van der Waals surface area (Å²) in [4.78, 5) is 40.5. The van der Waals surface area contributed by atoms with E-state index in [-0.39, 0.29) is 0 Å². The van der Waals surface area contributed by atoms with Crippen LogP contribution in [0.5, 0.6) is 0 Å². The van der Waals surface area contributed by atoms with E-state index in [1.165, 1.54) is 13.2 Å². The Morgan fingerprint density at radius 3 is 2.24 bits per heavy atom. The van der Waals surface area contributed by atoms with E-state index in [1.807, 2.05) is 42.5 Å². The standard InChI is InChI=1S/C26H17F2NO4/c1-33-26(32)22-13-6-3-2-5-12(13)11-16-14-9-10-15(19(16)22)21-20(14)24(30)29(25(21)31)23-17(27)7-4-8-18(23)28/h2-11,14-15,20-21H,1H3/t14-,15+,20-,21+/m1/s1. The van der Waals surface area contributed by atoms with Gasteiger partial charge in [0.15, 0.2) is 0 Å². The first-order chi connectivity index (χ1) is 15.9. The Bertz CT molecular complexity index is 1410. The monoisotopic (exact) mass is 445 g/mol. The zero-order chi connectivity index (χ0) is 23.0. The minimum atomic E-state index is -0.978. The van der Waals surface area contributed by atoms with Gasteiger partial charge in [-0.2, -0.15) is 0 Å². The highest BCUT2D eigenvalue weighted by molar-refractivity contribution is 6.23. The summed E-state index contributed by atoms with van der Waals surface area (Å²) >= 11 is 0. The Kier molecular flexibility index (Phi) is 4.08. The third-order valence-corrected chi connectivity index (χ3v) is 7.06. The second-order valence-corrected chi connectivity index (χ2v) is 8.54. The molecule has 2 amide bonds. The summed E-state index contributed by atoms with van der Waals surface area (Å²) in [7, 11) is 1.29. The summed E-state index contributed by atoms with van der Waals surface area (Å²) in [5, 5.41) is 1.50. The smallest absolute Gasteiger partial charge is 0.338 e. The minimum absolute atomic E-state index is 0.360. The molecule has 1 fully saturated rings. The second-order valence-electron chi connectivity index (χ2n) is 8.54. The third kappa shape index (κ3) is 2.47. The van der Waals surface area contributed by atoms with Crippen LogP contribution in [0.4, 0.5) is 14.5 Å². The van der Waals surface area contributed by atoms with Gasteiger partial charge in [0.1, 0.15) is 17.3 Å². The Morgan fingerprint density at radius 1 is 0.909 bits per heavy atom. The molecule has 7 heteroatoms. The van der Waals surface area contributed by atoms with Crippen LogP contribution in [0.15, 0.2) is 60.7 Å². The summed E-state index contributed by atoms with van der Waals surface area (Å²) in [6.45, 7) is 0. The molecule has 0 radical (unpaired) electrons. The van der Waals surface area contributed by atoms with Crippen LogP contribution in [-0.2, 0) is 14.3 Å². The number of carbonyl (C=O) groups is 3. The summed E-state index contributed by atoms with van der Waals surface area (Å²) in [6.07, 6.45) is 3.68. The van der Waals surface area contributed by atoms with Crippen molar-refractivity contribution in [3.63, 3.8) is 0 Å². The average molecular weight is 445 g/mol. The van der Waals surface area contributed by atoms with Crippen molar-refractivity contribution in [3.8, 4) is 0 Å². The van der Waals surface area contributed by atoms with Crippen molar-refractivity contribution in [2.45, 2.75) is 11.8 Å². The molecule has 1 aliphatic heterocycles. The molecule has 4 aliphatic rings. The molecule has 1 heterocycles. The molecule has 0 N–H and O–H groups in total. The molecule has 33 heavy (non-hydrogen) atoms. The van der Waals surface area contributed by atoms with Crippen LogP contribution in [0.25, 0.3) is 10.8 Å². The Hall–Kier alpha value is -3.87. The molecule has 7 rings (SSSR count). The van der Waals surface area contributed by atoms with Gasteiger partial charge in [0, 0.05) is 11.8 Å². The molecule has 4 atom stereocenters. The first-order valence-corrected chi connectivity index (χ1v) is 10.6. The fraction of sp³-hybridized carbons (Fsp3) is 0.192. The maximum Gasteiger partial charge on any atom is 0.338 e. The number of hydrogen-bond acceptors (Lipinski definition) is 4. The number of nitrogens with zero attached hydrogens (tertiary/aromatic N) is 1. The highest BCUT2D eigenvalue weighted by Crippen LogP contribution is 2.58. The number of anilines is 1. The number of allylic oxidation sites excluding steroid dienone is 2. The number of fused-ring (bicyclic) bond motifs is 1. The lowest BCUT2D eigenvalue weighted by Crippen LogP contribution is -2.38. The van der Waals surface area contributed by atoms with Crippen molar-refractivity contribution >= 4 is 34.2 Å². The Labute approximate surface area is 187 Å². The lowest BCUT2D eigenvalue weighted by atomic mass is 9.59. The Morgan fingerprint density at radius 2 is 1.55 bits per heavy atom. The van der Waals surface area contributed by atoms with Crippen molar-refractivity contribution in [3.05, 3.63) is 89.0 Å². The SMILES string of the molecule is COC(=O)c1c2c(cc3ccccc13)[C@H]1C=C[C@@H]2[C@@H]2C(=O)N(c3c(F)cccc3F)C(=O)[C@@H]21. The number of esters is 1. The molecule has 2 bridgehead atoms. The average Bonchev–Trinajstić information content (AvgIpc) is 3.09. The van der Waals surface area contributed by atoms with Crippen molar-refractivity contribution in [2.75, 3.05) is 12.0 Å². The lowest BCUT2D eigenvalue weighted by Gasteiger charge is -2.41. The number of rotatable bonds is 2. The van der Waals surface area contributed by atoms with Gasteiger partial charge in [-0.1, -0.05) is 48.6 Å². The minimum Gasteiger partial charge on any atom is -0.465 e. The van der Waals surface area contributed by atoms with Crippen molar-refractivity contribution in [1.82, 2.24) is 0 Å². The number of para-hydroxylation sites is 1. The summed E-state index contributed by atoms with van der Waals surface area (Å²) in [6, 6.07) is 12.5. The highest BCUT2D eigenvalue weighted by atomic mass is 19.1. The zero-order valence-corrected chi connectivity index (χ0v) is 17.4. The summed E-state index contributed by atoms with van der Waals surface area (Å²) in [5.41, 5.74) is 1.12. The van der Waals surface area contributed by atoms with E-state index >= 15 is 0 Å². The molecule has 0 unspecified atom stereocenters. The number of carbonyl (C=O) groups excluding carboxylic acids is 3. The van der Waals surface area contributed by atoms with Gasteiger partial charge in [0.25, 0.3) is 0 Å². The molecule has 164 valence electrons. The van der Waals surface area contributed by atoms with Crippen molar-refractivity contribution in [1.29, 1.82) is 0 Å². The largest absolute Gasteiger partial charge is 0.465 e. The van der Waals surface area contributed by atoms with Gasteiger partial charge >= 0.3 is 5.97 Å². The lowest BCUT2D eigenvalue weighted by molar-refractivity contribution is -0.122. The van der Waals surface area contributed by atoms with Gasteiger partial charge < -0.3 is 4.74 Å². The van der Waals surface area contributed by atoms with Crippen LogP contribution < -0.4 is 4.90 Å². The van der Waals surface area contributed by atoms with Crippen LogP contribution in [0.2, 0.25) is 0 Å². The predicted molar refractivity (Wildman–Crippen MR) is 116 cm³/mol. The molecule has 3 aromatic rings. The van der Waals surface area contributed by atoms with Gasteiger partial charge in [0.05, 0.1) is 24.5 Å². The Balaban J connectivity index is 1.58. The van der Waals surface area contributed by atoms with Gasteiger partial charge in [-0.25, -0.2) is 18.5 Å². The van der Waals surface area contributed by atoms with Crippen LogP contribution in [-0.4, -0.2) is 24.9 Å². The molecule has 0 aromatic heterocycles. The number of halogens is 2. The van der Waals surface area contributed by atoms with E-state index < -0.39 is 58.8 Å². The number of ether oxygens (including phenoxy) is 1. The van der Waals surface area contributed by atoms with E-state index in [4.69, 9.17) is 4.74 Å². The highest BCUT2D eigenvalue weighted by Gasteiger charge is 2.60. The first-order valence-electron chi connectivity index (χ1n) is 10.6. The predicted octanol–water partition coefficient (Wildman–Crippen LogP) is 4.46. The third-order valence-electron chi connectivity index (χ3n) is 7.06. The maximum atomic E-state index is 14.5. The number of amides is 2.